The minimum Gasteiger partial charge on any atom is -0.490 e. The van der Waals surface area contributed by atoms with Crippen molar-refractivity contribution in [1.29, 1.82) is 5.26 Å². The summed E-state index contributed by atoms with van der Waals surface area (Å²) >= 11 is 0. The molecule has 2 heterocycles. The zero-order valence-corrected chi connectivity index (χ0v) is 17.1. The normalized spacial score (nSPS) is 16.2. The van der Waals surface area contributed by atoms with Crippen molar-refractivity contribution in [3.05, 3.63) is 83.6 Å². The van der Waals surface area contributed by atoms with Crippen LogP contribution in [0.2, 0.25) is 0 Å². The molecule has 5 heteroatoms. The highest BCUT2D eigenvalue weighted by Crippen LogP contribution is 2.34. The van der Waals surface area contributed by atoms with Crippen LogP contribution in [0.15, 0.2) is 66.9 Å². The molecule has 1 aliphatic heterocycles. The van der Waals surface area contributed by atoms with Crippen molar-refractivity contribution in [1.82, 2.24) is 9.88 Å². The van der Waals surface area contributed by atoms with Crippen LogP contribution in [0.3, 0.4) is 0 Å². The summed E-state index contributed by atoms with van der Waals surface area (Å²) in [5, 5.41) is 9.27. The monoisotopic (exact) mass is 399 g/mol. The molecular formula is C25H25N3O2. The number of benzene rings is 2. The molecule has 0 N–H and O–H groups in total. The van der Waals surface area contributed by atoms with Gasteiger partial charge in [0.2, 0.25) is 5.88 Å². The van der Waals surface area contributed by atoms with Crippen LogP contribution in [0.4, 0.5) is 0 Å². The van der Waals surface area contributed by atoms with E-state index in [1.807, 2.05) is 19.1 Å². The third kappa shape index (κ3) is 4.61. The number of nitrogens with zero attached hydrogens (tertiary/aromatic N) is 3. The van der Waals surface area contributed by atoms with Crippen LogP contribution < -0.4 is 9.47 Å². The van der Waals surface area contributed by atoms with Crippen LogP contribution in [-0.2, 0) is 6.54 Å². The van der Waals surface area contributed by atoms with Crippen LogP contribution >= 0.6 is 0 Å². The Bertz CT molecular complexity index is 1030. The van der Waals surface area contributed by atoms with Gasteiger partial charge in [-0.05, 0) is 61.2 Å². The van der Waals surface area contributed by atoms with Crippen molar-refractivity contribution >= 4 is 0 Å². The molecule has 1 saturated heterocycles. The summed E-state index contributed by atoms with van der Waals surface area (Å²) in [5.41, 5.74) is 3.00. The summed E-state index contributed by atoms with van der Waals surface area (Å²) in [4.78, 5) is 6.66. The van der Waals surface area contributed by atoms with Gasteiger partial charge in [-0.2, -0.15) is 5.26 Å². The van der Waals surface area contributed by atoms with Gasteiger partial charge in [0.1, 0.15) is 11.6 Å². The number of ether oxygens (including phenoxy) is 2. The van der Waals surface area contributed by atoms with E-state index in [4.69, 9.17) is 9.47 Å². The van der Waals surface area contributed by atoms with Gasteiger partial charge in [-0.25, -0.2) is 4.98 Å². The van der Waals surface area contributed by atoms with Gasteiger partial charge in [0.15, 0.2) is 11.5 Å². The zero-order valence-electron chi connectivity index (χ0n) is 17.1. The molecule has 0 amide bonds. The summed E-state index contributed by atoms with van der Waals surface area (Å²) in [6.07, 6.45) is 2.79. The van der Waals surface area contributed by atoms with E-state index in [1.54, 1.807) is 18.3 Å². The highest BCUT2D eigenvalue weighted by Gasteiger charge is 2.24. The topological polar surface area (TPSA) is 58.4 Å². The molecule has 1 atom stereocenters. The molecule has 0 spiro atoms. The molecule has 3 aromatic rings. The highest BCUT2D eigenvalue weighted by atomic mass is 16.5. The van der Waals surface area contributed by atoms with Gasteiger partial charge in [0, 0.05) is 19.3 Å². The van der Waals surface area contributed by atoms with Crippen molar-refractivity contribution in [2.75, 3.05) is 19.7 Å². The fraction of sp³-hybridized carbons (Fsp3) is 0.280. The Kier molecular flexibility index (Phi) is 6.26. The van der Waals surface area contributed by atoms with Crippen molar-refractivity contribution in [3.8, 4) is 23.4 Å². The Morgan fingerprint density at radius 2 is 1.97 bits per heavy atom. The Labute approximate surface area is 177 Å². The summed E-state index contributed by atoms with van der Waals surface area (Å²) in [6, 6.07) is 22.3. The number of aromatic nitrogens is 1. The van der Waals surface area contributed by atoms with Gasteiger partial charge in [-0.15, -0.1) is 0 Å². The van der Waals surface area contributed by atoms with E-state index >= 15 is 0 Å². The largest absolute Gasteiger partial charge is 0.490 e. The minimum absolute atomic E-state index is 0.291. The van der Waals surface area contributed by atoms with Gasteiger partial charge in [0.05, 0.1) is 6.61 Å². The van der Waals surface area contributed by atoms with E-state index < -0.39 is 0 Å². The van der Waals surface area contributed by atoms with Crippen molar-refractivity contribution in [3.63, 3.8) is 0 Å². The quantitative estimate of drug-likeness (QED) is 0.551. The van der Waals surface area contributed by atoms with Gasteiger partial charge < -0.3 is 9.47 Å². The lowest BCUT2D eigenvalue weighted by Gasteiger charge is -2.18. The molecular weight excluding hydrogens is 374 g/mol. The first-order valence-electron chi connectivity index (χ1n) is 10.3. The van der Waals surface area contributed by atoms with E-state index in [2.05, 4.69) is 52.4 Å². The van der Waals surface area contributed by atoms with Gasteiger partial charge in [0.25, 0.3) is 0 Å². The maximum Gasteiger partial charge on any atom is 0.237 e. The smallest absolute Gasteiger partial charge is 0.237 e. The molecule has 0 aliphatic carbocycles. The van der Waals surface area contributed by atoms with Crippen molar-refractivity contribution < 1.29 is 9.47 Å². The molecule has 4 rings (SSSR count). The third-order valence-corrected chi connectivity index (χ3v) is 5.36. The summed E-state index contributed by atoms with van der Waals surface area (Å²) in [6.45, 7) is 5.50. The van der Waals surface area contributed by atoms with Crippen LogP contribution in [0.5, 0.6) is 17.4 Å². The third-order valence-electron chi connectivity index (χ3n) is 5.36. The molecule has 1 aromatic heterocycles. The first-order chi connectivity index (χ1) is 14.8. The number of rotatable bonds is 7. The van der Waals surface area contributed by atoms with E-state index in [-0.39, 0.29) is 0 Å². The van der Waals surface area contributed by atoms with Gasteiger partial charge >= 0.3 is 0 Å². The van der Waals surface area contributed by atoms with Gasteiger partial charge in [-0.1, -0.05) is 36.4 Å². The maximum absolute atomic E-state index is 9.27. The Balaban J connectivity index is 1.47. The minimum atomic E-state index is 0.291. The molecule has 0 bridgehead atoms. The fourth-order valence-corrected chi connectivity index (χ4v) is 3.90. The van der Waals surface area contributed by atoms with E-state index in [1.165, 1.54) is 17.5 Å². The van der Waals surface area contributed by atoms with Crippen molar-refractivity contribution in [2.24, 2.45) is 0 Å². The fourth-order valence-electron chi connectivity index (χ4n) is 3.90. The molecule has 2 aromatic carbocycles. The molecule has 1 aliphatic rings. The molecule has 0 radical (unpaired) electrons. The van der Waals surface area contributed by atoms with Crippen LogP contribution in [0.1, 0.15) is 36.0 Å². The Morgan fingerprint density at radius 1 is 1.10 bits per heavy atom. The Hall–Kier alpha value is -3.36. The number of hydrogen-bond donors (Lipinski definition) is 0. The van der Waals surface area contributed by atoms with E-state index in [0.29, 0.717) is 35.5 Å². The average Bonchev–Trinajstić information content (AvgIpc) is 3.25. The lowest BCUT2D eigenvalue weighted by molar-refractivity contribution is 0.312. The number of nitriles is 1. The summed E-state index contributed by atoms with van der Waals surface area (Å²) in [7, 11) is 0. The first-order valence-corrected chi connectivity index (χ1v) is 10.3. The predicted octanol–water partition coefficient (Wildman–Crippen LogP) is 5.13. The van der Waals surface area contributed by atoms with Gasteiger partial charge in [-0.3, -0.25) is 4.90 Å². The molecule has 5 nitrogen and oxygen atoms in total. The molecule has 30 heavy (non-hydrogen) atoms. The van der Waals surface area contributed by atoms with Crippen molar-refractivity contribution in [2.45, 2.75) is 25.8 Å². The summed E-state index contributed by atoms with van der Waals surface area (Å²) < 4.78 is 11.7. The van der Waals surface area contributed by atoms with Crippen LogP contribution in [-0.4, -0.2) is 29.6 Å². The standard InChI is InChI=1S/C25H25N3O2/c1-2-29-24-15-19(10-11-23(24)30-25-21(16-26)9-6-13-27-25)17-28-14-12-22(18-28)20-7-4-3-5-8-20/h3-11,13,15,22H,2,12,14,17-18H2,1H3. The van der Waals surface area contributed by atoms with Crippen LogP contribution in [0.25, 0.3) is 0 Å². The molecule has 1 unspecified atom stereocenters. The second-order valence-electron chi connectivity index (χ2n) is 7.42. The predicted molar refractivity (Wildman–Crippen MR) is 116 cm³/mol. The Morgan fingerprint density at radius 3 is 2.77 bits per heavy atom. The number of likely N-dealkylation sites (tertiary alicyclic amines) is 1. The SMILES string of the molecule is CCOc1cc(CN2CCC(c3ccccc3)C2)ccc1Oc1ncccc1C#N. The maximum atomic E-state index is 9.27. The van der Waals surface area contributed by atoms with E-state index in [0.717, 1.165) is 19.6 Å². The average molecular weight is 399 g/mol. The first kappa shape index (κ1) is 19.9. The van der Waals surface area contributed by atoms with Crippen LogP contribution in [0, 0.1) is 11.3 Å². The second-order valence-corrected chi connectivity index (χ2v) is 7.42. The molecule has 1 fully saturated rings. The number of pyridine rings is 1. The highest BCUT2D eigenvalue weighted by molar-refractivity contribution is 5.47. The summed E-state index contributed by atoms with van der Waals surface area (Å²) in [5.74, 6) is 2.12. The zero-order chi connectivity index (χ0) is 20.8. The van der Waals surface area contributed by atoms with E-state index in [9.17, 15) is 5.26 Å². The lowest BCUT2D eigenvalue weighted by Crippen LogP contribution is -2.19. The second kappa shape index (κ2) is 9.43. The molecule has 0 saturated carbocycles. The molecule has 152 valence electrons. The number of hydrogen-bond acceptors (Lipinski definition) is 5. The lowest BCUT2D eigenvalue weighted by atomic mass is 9.99.